The van der Waals surface area contributed by atoms with Crippen LogP contribution in [0.2, 0.25) is 0 Å². The van der Waals surface area contributed by atoms with Crippen LogP contribution >= 0.6 is 15.9 Å². The molecule has 0 bridgehead atoms. The van der Waals surface area contributed by atoms with Crippen LogP contribution in [-0.2, 0) is 6.42 Å². The molecule has 1 aromatic rings. The van der Waals surface area contributed by atoms with Crippen LogP contribution in [0.25, 0.3) is 0 Å². The Balaban J connectivity index is 2.32. The molecular formula is C12H18BrNO. The smallest absolute Gasteiger partial charge is 0.0563 e. The molecule has 84 valence electrons. The highest BCUT2D eigenvalue weighted by molar-refractivity contribution is 9.10. The Bertz CT molecular complexity index is 301. The first-order valence-corrected chi connectivity index (χ1v) is 6.16. The van der Waals surface area contributed by atoms with Crippen LogP contribution in [0, 0.1) is 5.92 Å². The van der Waals surface area contributed by atoms with Crippen LogP contribution in [-0.4, -0.2) is 16.2 Å². The van der Waals surface area contributed by atoms with Gasteiger partial charge in [0.25, 0.3) is 0 Å². The minimum Gasteiger partial charge on any atom is -0.393 e. The van der Waals surface area contributed by atoms with Gasteiger partial charge in [-0.25, -0.2) is 0 Å². The Morgan fingerprint density at radius 2 is 2.13 bits per heavy atom. The Labute approximate surface area is 99.9 Å². The quantitative estimate of drug-likeness (QED) is 0.893. The van der Waals surface area contributed by atoms with Crippen LogP contribution in [0.1, 0.15) is 32.3 Å². The van der Waals surface area contributed by atoms with Crippen molar-refractivity contribution in [1.82, 2.24) is 4.98 Å². The summed E-state index contributed by atoms with van der Waals surface area (Å²) in [5.74, 6) is 0.352. The molecule has 0 aliphatic rings. The number of nitrogens with zero attached hydrogens (tertiary/aromatic N) is 1. The van der Waals surface area contributed by atoms with E-state index in [-0.39, 0.29) is 6.10 Å². The third kappa shape index (κ3) is 4.76. The lowest BCUT2D eigenvalue weighted by Gasteiger charge is -2.13. The van der Waals surface area contributed by atoms with Gasteiger partial charge in [0.2, 0.25) is 0 Å². The minimum atomic E-state index is -0.176. The molecule has 1 rings (SSSR count). The molecule has 0 aliphatic heterocycles. The van der Waals surface area contributed by atoms with Gasteiger partial charge < -0.3 is 5.11 Å². The van der Waals surface area contributed by atoms with Crippen molar-refractivity contribution in [2.24, 2.45) is 5.92 Å². The van der Waals surface area contributed by atoms with Gasteiger partial charge in [0, 0.05) is 16.9 Å². The monoisotopic (exact) mass is 271 g/mol. The third-order valence-corrected chi connectivity index (χ3v) is 2.93. The molecule has 1 N–H and O–H groups in total. The predicted octanol–water partition coefficient (Wildman–Crippen LogP) is 3.18. The standard InChI is InChI=1S/C12H18BrNO/c1-9(2)12(15)5-3-4-10-6-11(13)8-14-7-10/h6-9,12,15H,3-5H2,1-2H3. The maximum atomic E-state index is 9.63. The number of aromatic nitrogens is 1. The molecule has 0 saturated heterocycles. The van der Waals surface area contributed by atoms with Crippen LogP contribution in [0.5, 0.6) is 0 Å². The largest absolute Gasteiger partial charge is 0.393 e. The summed E-state index contributed by atoms with van der Waals surface area (Å²) in [6.07, 6.45) is 6.35. The summed E-state index contributed by atoms with van der Waals surface area (Å²) in [5.41, 5.74) is 1.22. The lowest BCUT2D eigenvalue weighted by molar-refractivity contribution is 0.114. The molecular weight excluding hydrogens is 254 g/mol. The van der Waals surface area contributed by atoms with E-state index in [0.29, 0.717) is 5.92 Å². The highest BCUT2D eigenvalue weighted by Crippen LogP contribution is 2.14. The maximum absolute atomic E-state index is 9.63. The molecule has 0 aromatic carbocycles. The number of pyridine rings is 1. The fourth-order valence-corrected chi connectivity index (χ4v) is 1.85. The fourth-order valence-electron chi connectivity index (χ4n) is 1.44. The van der Waals surface area contributed by atoms with E-state index >= 15 is 0 Å². The zero-order chi connectivity index (χ0) is 11.3. The molecule has 1 heterocycles. The van der Waals surface area contributed by atoms with Gasteiger partial charge in [0.05, 0.1) is 6.10 Å². The van der Waals surface area contributed by atoms with E-state index in [0.717, 1.165) is 23.7 Å². The SMILES string of the molecule is CC(C)C(O)CCCc1cncc(Br)c1. The highest BCUT2D eigenvalue weighted by atomic mass is 79.9. The van der Waals surface area contributed by atoms with Crippen molar-refractivity contribution in [3.05, 3.63) is 28.5 Å². The molecule has 0 aliphatic carbocycles. The molecule has 0 saturated carbocycles. The summed E-state index contributed by atoms with van der Waals surface area (Å²) >= 11 is 3.39. The van der Waals surface area contributed by atoms with Crippen LogP contribution in [0.15, 0.2) is 22.9 Å². The molecule has 0 radical (unpaired) electrons. The van der Waals surface area contributed by atoms with E-state index in [1.807, 2.05) is 20.0 Å². The van der Waals surface area contributed by atoms with Crippen molar-refractivity contribution < 1.29 is 5.11 Å². The molecule has 0 amide bonds. The first-order chi connectivity index (χ1) is 7.09. The molecule has 1 unspecified atom stereocenters. The van der Waals surface area contributed by atoms with E-state index in [1.165, 1.54) is 5.56 Å². The summed E-state index contributed by atoms with van der Waals surface area (Å²) in [6.45, 7) is 4.09. The van der Waals surface area contributed by atoms with Gasteiger partial charge in [-0.2, -0.15) is 0 Å². The van der Waals surface area contributed by atoms with Crippen molar-refractivity contribution >= 4 is 15.9 Å². The van der Waals surface area contributed by atoms with Gasteiger partial charge in [-0.15, -0.1) is 0 Å². The van der Waals surface area contributed by atoms with Crippen molar-refractivity contribution in [1.29, 1.82) is 0 Å². The molecule has 3 heteroatoms. The summed E-state index contributed by atoms with van der Waals surface area (Å²) in [6, 6.07) is 2.08. The Kier molecular flexibility index (Phi) is 5.26. The average Bonchev–Trinajstić information content (AvgIpc) is 2.17. The number of rotatable bonds is 5. The average molecular weight is 272 g/mol. The number of aliphatic hydroxyl groups is 1. The second kappa shape index (κ2) is 6.23. The second-order valence-electron chi connectivity index (χ2n) is 4.22. The van der Waals surface area contributed by atoms with Crippen molar-refractivity contribution in [2.45, 2.75) is 39.2 Å². The first-order valence-electron chi connectivity index (χ1n) is 5.37. The minimum absolute atomic E-state index is 0.176. The van der Waals surface area contributed by atoms with Gasteiger partial charge in [0.15, 0.2) is 0 Å². The third-order valence-electron chi connectivity index (χ3n) is 2.50. The van der Waals surface area contributed by atoms with Gasteiger partial charge in [-0.1, -0.05) is 13.8 Å². The van der Waals surface area contributed by atoms with Crippen molar-refractivity contribution in [3.63, 3.8) is 0 Å². The maximum Gasteiger partial charge on any atom is 0.0563 e. The number of hydrogen-bond donors (Lipinski definition) is 1. The van der Waals surface area contributed by atoms with Crippen molar-refractivity contribution in [2.75, 3.05) is 0 Å². The van der Waals surface area contributed by atoms with E-state index < -0.39 is 0 Å². The zero-order valence-electron chi connectivity index (χ0n) is 9.28. The summed E-state index contributed by atoms with van der Waals surface area (Å²) in [5, 5.41) is 9.63. The fraction of sp³-hybridized carbons (Fsp3) is 0.583. The van der Waals surface area contributed by atoms with Gasteiger partial charge in [-0.3, -0.25) is 4.98 Å². The normalized spacial score (nSPS) is 13.1. The van der Waals surface area contributed by atoms with Crippen LogP contribution in [0.3, 0.4) is 0 Å². The van der Waals surface area contributed by atoms with E-state index in [1.54, 1.807) is 6.20 Å². The van der Waals surface area contributed by atoms with E-state index in [2.05, 4.69) is 27.0 Å². The van der Waals surface area contributed by atoms with Gasteiger partial charge in [-0.05, 0) is 52.7 Å². The number of hydrogen-bond acceptors (Lipinski definition) is 2. The van der Waals surface area contributed by atoms with E-state index in [4.69, 9.17) is 0 Å². The summed E-state index contributed by atoms with van der Waals surface area (Å²) in [4.78, 5) is 4.11. The molecule has 15 heavy (non-hydrogen) atoms. The predicted molar refractivity (Wildman–Crippen MR) is 65.7 cm³/mol. The Hall–Kier alpha value is -0.410. The molecule has 2 nitrogen and oxygen atoms in total. The number of halogens is 1. The zero-order valence-corrected chi connectivity index (χ0v) is 10.9. The molecule has 0 spiro atoms. The van der Waals surface area contributed by atoms with Gasteiger partial charge >= 0.3 is 0 Å². The lowest BCUT2D eigenvalue weighted by atomic mass is 10.00. The highest BCUT2D eigenvalue weighted by Gasteiger charge is 2.08. The molecule has 1 atom stereocenters. The Morgan fingerprint density at radius 3 is 2.73 bits per heavy atom. The summed E-state index contributed by atoms with van der Waals surface area (Å²) in [7, 11) is 0. The van der Waals surface area contributed by atoms with Crippen LogP contribution in [0.4, 0.5) is 0 Å². The molecule has 0 fully saturated rings. The molecule has 1 aromatic heterocycles. The Morgan fingerprint density at radius 1 is 1.40 bits per heavy atom. The second-order valence-corrected chi connectivity index (χ2v) is 5.13. The van der Waals surface area contributed by atoms with E-state index in [9.17, 15) is 5.11 Å². The number of aryl methyl sites for hydroxylation is 1. The summed E-state index contributed by atoms with van der Waals surface area (Å²) < 4.78 is 1.02. The van der Waals surface area contributed by atoms with Crippen molar-refractivity contribution in [3.8, 4) is 0 Å². The topological polar surface area (TPSA) is 33.1 Å². The number of aliphatic hydroxyl groups excluding tert-OH is 1. The lowest BCUT2D eigenvalue weighted by Crippen LogP contribution is -2.14. The van der Waals surface area contributed by atoms with Gasteiger partial charge in [0.1, 0.15) is 0 Å². The van der Waals surface area contributed by atoms with Crippen LogP contribution < -0.4 is 0 Å². The first kappa shape index (κ1) is 12.7.